The lowest BCUT2D eigenvalue weighted by Gasteiger charge is -2.12. The first-order valence-electron chi connectivity index (χ1n) is 6.60. The number of hydrogen-bond acceptors (Lipinski definition) is 6. The number of carbonyl (C=O) groups is 2. The van der Waals surface area contributed by atoms with Crippen LogP contribution in [0.3, 0.4) is 0 Å². The highest BCUT2D eigenvalue weighted by molar-refractivity contribution is 8.26. The molecule has 1 aromatic carbocycles. The van der Waals surface area contributed by atoms with Gasteiger partial charge in [-0.3, -0.25) is 14.5 Å². The van der Waals surface area contributed by atoms with Crippen molar-refractivity contribution in [2.24, 2.45) is 0 Å². The molecule has 0 aliphatic carbocycles. The molecule has 7 heteroatoms. The molecule has 1 amide bonds. The molecule has 0 saturated carbocycles. The average molecular weight is 337 g/mol. The lowest BCUT2D eigenvalue weighted by Crippen LogP contribution is -2.33. The summed E-state index contributed by atoms with van der Waals surface area (Å²) in [5.41, 5.74) is 0.794. The van der Waals surface area contributed by atoms with E-state index in [0.29, 0.717) is 21.6 Å². The van der Waals surface area contributed by atoms with Gasteiger partial charge < -0.3 is 9.47 Å². The Hall–Kier alpha value is -1.86. The van der Waals surface area contributed by atoms with Gasteiger partial charge in [0.2, 0.25) is 0 Å². The highest BCUT2D eigenvalue weighted by Gasteiger charge is 2.33. The van der Waals surface area contributed by atoms with Gasteiger partial charge in [0, 0.05) is 5.56 Å². The van der Waals surface area contributed by atoms with E-state index in [1.807, 2.05) is 31.2 Å². The molecular weight excluding hydrogens is 322 g/mol. The quantitative estimate of drug-likeness (QED) is 0.467. The Morgan fingerprint density at radius 1 is 1.41 bits per heavy atom. The van der Waals surface area contributed by atoms with Gasteiger partial charge in [0.05, 0.1) is 18.6 Å². The van der Waals surface area contributed by atoms with Gasteiger partial charge in [-0.15, -0.1) is 0 Å². The van der Waals surface area contributed by atoms with Crippen molar-refractivity contribution in [1.82, 2.24) is 4.90 Å². The molecule has 1 saturated heterocycles. The zero-order chi connectivity index (χ0) is 16.1. The normalized spacial score (nSPS) is 16.3. The summed E-state index contributed by atoms with van der Waals surface area (Å²) in [4.78, 5) is 25.4. The number of methoxy groups -OCH3 is 1. The van der Waals surface area contributed by atoms with Crippen molar-refractivity contribution in [2.75, 3.05) is 20.3 Å². The third kappa shape index (κ3) is 3.66. The number of ether oxygens (including phenoxy) is 2. The number of thioether (sulfide) groups is 1. The van der Waals surface area contributed by atoms with E-state index in [9.17, 15) is 9.59 Å². The first-order valence-corrected chi connectivity index (χ1v) is 7.83. The van der Waals surface area contributed by atoms with E-state index in [2.05, 4.69) is 4.74 Å². The van der Waals surface area contributed by atoms with Crippen molar-refractivity contribution in [3.8, 4) is 5.75 Å². The van der Waals surface area contributed by atoms with Crippen molar-refractivity contribution >= 4 is 46.3 Å². The minimum absolute atomic E-state index is 0.175. The van der Waals surface area contributed by atoms with Crippen molar-refractivity contribution in [3.63, 3.8) is 0 Å². The maximum Gasteiger partial charge on any atom is 0.325 e. The van der Waals surface area contributed by atoms with Crippen LogP contribution in [0.4, 0.5) is 0 Å². The van der Waals surface area contributed by atoms with E-state index in [1.165, 1.54) is 12.0 Å². The van der Waals surface area contributed by atoms with E-state index in [-0.39, 0.29) is 12.5 Å². The second-order valence-corrected chi connectivity index (χ2v) is 5.99. The molecule has 0 N–H and O–H groups in total. The Balaban J connectivity index is 2.25. The summed E-state index contributed by atoms with van der Waals surface area (Å²) in [5, 5.41) is 0. The minimum Gasteiger partial charge on any atom is -0.493 e. The molecule has 2 rings (SSSR count). The average Bonchev–Trinajstić information content (AvgIpc) is 2.77. The molecule has 1 aliphatic rings. The zero-order valence-corrected chi connectivity index (χ0v) is 13.8. The van der Waals surface area contributed by atoms with Crippen molar-refractivity contribution in [1.29, 1.82) is 0 Å². The summed E-state index contributed by atoms with van der Waals surface area (Å²) in [7, 11) is 1.27. The van der Waals surface area contributed by atoms with Crippen LogP contribution < -0.4 is 4.74 Å². The fourth-order valence-corrected chi connectivity index (χ4v) is 3.10. The monoisotopic (exact) mass is 337 g/mol. The predicted octanol–water partition coefficient (Wildman–Crippen LogP) is 2.46. The van der Waals surface area contributed by atoms with Crippen molar-refractivity contribution < 1.29 is 19.1 Å². The molecule has 22 heavy (non-hydrogen) atoms. The lowest BCUT2D eigenvalue weighted by atomic mass is 10.2. The molecule has 0 aromatic heterocycles. The number of amides is 1. The number of para-hydroxylation sites is 1. The van der Waals surface area contributed by atoms with E-state index in [0.717, 1.165) is 17.3 Å². The predicted molar refractivity (Wildman–Crippen MR) is 89.5 cm³/mol. The van der Waals surface area contributed by atoms with Crippen LogP contribution in [0.1, 0.15) is 12.5 Å². The minimum atomic E-state index is -0.507. The molecule has 1 heterocycles. The van der Waals surface area contributed by atoms with Gasteiger partial charge in [0.25, 0.3) is 5.91 Å². The van der Waals surface area contributed by atoms with Crippen LogP contribution >= 0.6 is 24.0 Å². The summed E-state index contributed by atoms with van der Waals surface area (Å²) in [6.07, 6.45) is 1.72. The van der Waals surface area contributed by atoms with E-state index in [4.69, 9.17) is 17.0 Å². The Kier molecular flexibility index (Phi) is 5.57. The number of nitrogens with zero attached hydrogens (tertiary/aromatic N) is 1. The first-order chi connectivity index (χ1) is 10.6. The summed E-state index contributed by atoms with van der Waals surface area (Å²) >= 11 is 6.31. The Bertz CT molecular complexity index is 642. The maximum absolute atomic E-state index is 12.3. The molecule has 0 atom stereocenters. The fraction of sp³-hybridized carbons (Fsp3) is 0.267. The molecule has 0 radical (unpaired) electrons. The van der Waals surface area contributed by atoms with Gasteiger partial charge in [0.1, 0.15) is 16.6 Å². The smallest absolute Gasteiger partial charge is 0.325 e. The lowest BCUT2D eigenvalue weighted by molar-refractivity contribution is -0.143. The van der Waals surface area contributed by atoms with Gasteiger partial charge >= 0.3 is 5.97 Å². The van der Waals surface area contributed by atoms with Crippen LogP contribution in [0.15, 0.2) is 29.2 Å². The van der Waals surface area contributed by atoms with Crippen molar-refractivity contribution in [3.05, 3.63) is 34.7 Å². The van der Waals surface area contributed by atoms with Crippen LogP contribution in [0.25, 0.3) is 6.08 Å². The Morgan fingerprint density at radius 3 is 2.82 bits per heavy atom. The fourth-order valence-electron chi connectivity index (χ4n) is 1.86. The Morgan fingerprint density at radius 2 is 2.14 bits per heavy atom. The van der Waals surface area contributed by atoms with E-state index >= 15 is 0 Å². The molecule has 1 aromatic rings. The van der Waals surface area contributed by atoms with Crippen LogP contribution in [-0.4, -0.2) is 41.4 Å². The van der Waals surface area contributed by atoms with Gasteiger partial charge in [-0.1, -0.05) is 42.2 Å². The maximum atomic E-state index is 12.3. The summed E-state index contributed by atoms with van der Waals surface area (Å²) in [6.45, 7) is 2.26. The van der Waals surface area contributed by atoms with Crippen LogP contribution in [0.5, 0.6) is 5.75 Å². The first kappa shape index (κ1) is 16.5. The molecule has 0 unspecified atom stereocenters. The summed E-state index contributed by atoms with van der Waals surface area (Å²) in [6, 6.07) is 7.43. The second kappa shape index (κ2) is 7.42. The number of esters is 1. The summed E-state index contributed by atoms with van der Waals surface area (Å²) in [5.74, 6) is -0.109. The van der Waals surface area contributed by atoms with Gasteiger partial charge in [0.15, 0.2) is 0 Å². The summed E-state index contributed by atoms with van der Waals surface area (Å²) < 4.78 is 10.4. The van der Waals surface area contributed by atoms with E-state index < -0.39 is 5.97 Å². The standard InChI is InChI=1S/C15H15NO4S2/c1-3-20-11-7-5-4-6-10(11)8-12-14(18)16(15(21)22-12)9-13(17)19-2/h4-8H,3,9H2,1-2H3/b12-8+. The van der Waals surface area contributed by atoms with Crippen LogP contribution in [-0.2, 0) is 14.3 Å². The van der Waals surface area contributed by atoms with Gasteiger partial charge in [-0.2, -0.15) is 0 Å². The second-order valence-electron chi connectivity index (χ2n) is 4.31. The molecule has 5 nitrogen and oxygen atoms in total. The van der Waals surface area contributed by atoms with Crippen LogP contribution in [0, 0.1) is 0 Å². The number of rotatable bonds is 5. The topological polar surface area (TPSA) is 55.8 Å². The Labute approximate surface area is 138 Å². The highest BCUT2D eigenvalue weighted by Crippen LogP contribution is 2.34. The SMILES string of the molecule is CCOc1ccccc1/C=C1/SC(=S)N(CC(=O)OC)C1=O. The highest BCUT2D eigenvalue weighted by atomic mass is 32.2. The third-order valence-corrected chi connectivity index (χ3v) is 4.27. The third-order valence-electron chi connectivity index (χ3n) is 2.89. The number of benzene rings is 1. The van der Waals surface area contributed by atoms with Gasteiger partial charge in [-0.25, -0.2) is 0 Å². The zero-order valence-electron chi connectivity index (χ0n) is 12.2. The van der Waals surface area contributed by atoms with E-state index in [1.54, 1.807) is 6.08 Å². The number of carbonyl (C=O) groups excluding carboxylic acids is 2. The van der Waals surface area contributed by atoms with Gasteiger partial charge in [-0.05, 0) is 19.1 Å². The molecule has 0 spiro atoms. The molecular formula is C15H15NO4S2. The largest absolute Gasteiger partial charge is 0.493 e. The number of thiocarbonyl (C=S) groups is 1. The van der Waals surface area contributed by atoms with Crippen molar-refractivity contribution in [2.45, 2.75) is 6.92 Å². The number of hydrogen-bond donors (Lipinski definition) is 0. The molecule has 0 bridgehead atoms. The molecule has 1 fully saturated rings. The molecule has 1 aliphatic heterocycles. The molecule has 116 valence electrons. The van der Waals surface area contributed by atoms with Crippen LogP contribution in [0.2, 0.25) is 0 Å².